The molecule has 4 heterocycles. The van der Waals surface area contributed by atoms with Crippen molar-refractivity contribution >= 4 is 34.4 Å². The Morgan fingerprint density at radius 3 is 2.70 bits per heavy atom. The summed E-state index contributed by atoms with van der Waals surface area (Å²) in [5, 5.41) is 13.4. The number of carbonyl (C=O) groups is 3. The van der Waals surface area contributed by atoms with Gasteiger partial charge in [0, 0.05) is 73.0 Å². The minimum absolute atomic E-state index is 0.0358. The van der Waals surface area contributed by atoms with E-state index in [0.29, 0.717) is 49.8 Å². The Hall–Kier alpha value is -5.01. The smallest absolute Gasteiger partial charge is 0.324 e. The van der Waals surface area contributed by atoms with Crippen LogP contribution in [0.3, 0.4) is 0 Å². The van der Waals surface area contributed by atoms with Gasteiger partial charge in [0.05, 0.1) is 18.0 Å². The molecule has 4 aliphatic rings. The highest BCUT2D eigenvalue weighted by Crippen LogP contribution is 2.57. The molecular formula is C44H49F2N5O6. The number of aryl methyl sites for hydroxylation is 1. The summed E-state index contributed by atoms with van der Waals surface area (Å²) in [6.45, 7) is 7.19. The maximum Gasteiger partial charge on any atom is 0.324 e. The van der Waals surface area contributed by atoms with Crippen molar-refractivity contribution < 1.29 is 37.7 Å². The number of halogens is 2. The number of cyclic esters (lactones) is 1. The Morgan fingerprint density at radius 2 is 1.93 bits per heavy atom. The Balaban J connectivity index is 1.29. The van der Waals surface area contributed by atoms with Crippen LogP contribution in [0.2, 0.25) is 0 Å². The second kappa shape index (κ2) is 15.4. The lowest BCUT2D eigenvalue weighted by Crippen LogP contribution is -2.57. The molecule has 2 aromatic heterocycles. The molecule has 4 aromatic rings. The molecule has 3 unspecified atom stereocenters. The van der Waals surface area contributed by atoms with Gasteiger partial charge in [0.25, 0.3) is 5.91 Å². The maximum atomic E-state index is 14.3. The van der Waals surface area contributed by atoms with Crippen molar-refractivity contribution in [1.29, 1.82) is 0 Å². The van der Waals surface area contributed by atoms with Crippen LogP contribution in [-0.2, 0) is 36.8 Å². The molecule has 0 spiro atoms. The number of pyridine rings is 1. The summed E-state index contributed by atoms with van der Waals surface area (Å²) in [4.78, 5) is 50.7. The highest BCUT2D eigenvalue weighted by atomic mass is 19.3. The number of ether oxygens (including phenoxy) is 2. The van der Waals surface area contributed by atoms with Gasteiger partial charge in [0.2, 0.25) is 12.3 Å². The lowest BCUT2D eigenvalue weighted by Gasteiger charge is -2.42. The van der Waals surface area contributed by atoms with Crippen molar-refractivity contribution in [2.24, 2.45) is 22.2 Å². The molecule has 2 fully saturated rings. The molecule has 2 aliphatic carbocycles. The topological polar surface area (TPSA) is 135 Å². The number of amides is 2. The van der Waals surface area contributed by atoms with E-state index in [2.05, 4.69) is 54.0 Å². The summed E-state index contributed by atoms with van der Waals surface area (Å²) in [7, 11) is 1.68. The molecule has 300 valence electrons. The summed E-state index contributed by atoms with van der Waals surface area (Å²) in [6.07, 6.45) is 0.805. The zero-order chi connectivity index (χ0) is 40.2. The number of aliphatic imine (C=N–C) groups is 1. The average molecular weight is 782 g/mol. The van der Waals surface area contributed by atoms with Crippen molar-refractivity contribution in [3.8, 4) is 28.1 Å². The van der Waals surface area contributed by atoms with Crippen LogP contribution in [-0.4, -0.2) is 75.9 Å². The molecule has 57 heavy (non-hydrogen) atoms. The SMILES string of the molecule is CCn1c2c3c4cc(ccc41)-c1cc(O)cc(c1)CC(=NC(=O)CC1CCCC1C(F)F)C(=O)N1CCC[C@H](N1)C(=O)OCC(C)(C)C3[C@H](OC)c1ncccc1-2. The fraction of sp³-hybridized carbons (Fsp3) is 0.477. The van der Waals surface area contributed by atoms with Crippen LogP contribution in [0.1, 0.15) is 88.1 Å². The van der Waals surface area contributed by atoms with E-state index >= 15 is 0 Å². The van der Waals surface area contributed by atoms with Crippen LogP contribution in [0.15, 0.2) is 59.7 Å². The third kappa shape index (κ3) is 7.13. The van der Waals surface area contributed by atoms with Gasteiger partial charge in [-0.15, -0.1) is 0 Å². The third-order valence-electron chi connectivity index (χ3n) is 12.5. The van der Waals surface area contributed by atoms with E-state index in [4.69, 9.17) is 14.5 Å². The summed E-state index contributed by atoms with van der Waals surface area (Å²) in [6, 6.07) is 14.4. The molecule has 2 amide bonds. The van der Waals surface area contributed by atoms with Gasteiger partial charge in [-0.1, -0.05) is 32.4 Å². The number of nitrogens with zero attached hydrogens (tertiary/aromatic N) is 4. The average Bonchev–Trinajstić information content (AvgIpc) is 3.80. The van der Waals surface area contributed by atoms with E-state index in [-0.39, 0.29) is 43.4 Å². The number of hydrazine groups is 1. The van der Waals surface area contributed by atoms with Gasteiger partial charge in [-0.25, -0.2) is 19.2 Å². The quantitative estimate of drug-likeness (QED) is 0.199. The predicted octanol–water partition coefficient (Wildman–Crippen LogP) is 7.54. The molecule has 5 atom stereocenters. The number of hydrogen-bond donors (Lipinski definition) is 2. The van der Waals surface area contributed by atoms with E-state index in [9.17, 15) is 28.3 Å². The van der Waals surface area contributed by atoms with Gasteiger partial charge in [-0.3, -0.25) is 24.4 Å². The number of alkyl halides is 2. The Morgan fingerprint density at radius 1 is 1.11 bits per heavy atom. The normalized spacial score (nSPS) is 25.4. The van der Waals surface area contributed by atoms with Crippen molar-refractivity contribution in [1.82, 2.24) is 20.0 Å². The summed E-state index contributed by atoms with van der Waals surface area (Å²) in [5.74, 6) is -3.52. The Bertz CT molecular complexity index is 2270. The van der Waals surface area contributed by atoms with Gasteiger partial charge in [-0.05, 0) is 97.2 Å². The fourth-order valence-electron chi connectivity index (χ4n) is 9.77. The number of esters is 1. The van der Waals surface area contributed by atoms with E-state index in [1.165, 1.54) is 11.1 Å². The standard InChI is InChI=1S/C44H49F2N5O6/c1-5-50-34-14-13-25-21-31(34)36-37(40(56-4)38-30(39(36)50)11-7-15-47-38)44(2,3)23-57-43(55)32-12-8-16-51(49-32)42(54)33(19-24-17-27(25)20-28(52)18-24)48-35(53)22-26-9-6-10-29(26)41(45)46/h7,11,13-15,17-18,20-21,26,29,32,37,40-41,49,52H,5-6,8-10,12,16,19,22-23H2,1-4H3/t26?,29?,32-,37?,40-/m0/s1. The molecule has 6 bridgehead atoms. The van der Waals surface area contributed by atoms with Crippen molar-refractivity contribution in [2.45, 2.75) is 96.8 Å². The number of carbonyl (C=O) groups excluding carboxylic acids is 3. The number of rotatable bonds is 5. The molecule has 11 nitrogen and oxygen atoms in total. The zero-order valence-electron chi connectivity index (χ0n) is 32.8. The van der Waals surface area contributed by atoms with Crippen molar-refractivity contribution in [3.05, 3.63) is 71.5 Å². The van der Waals surface area contributed by atoms with Gasteiger partial charge in [0.15, 0.2) is 0 Å². The summed E-state index contributed by atoms with van der Waals surface area (Å²) >= 11 is 0. The first-order chi connectivity index (χ1) is 27.4. The number of phenolic OH excluding ortho intramolecular Hbond substituents is 1. The first-order valence-electron chi connectivity index (χ1n) is 20.0. The summed E-state index contributed by atoms with van der Waals surface area (Å²) in [5.41, 5.74) is 9.15. The maximum absolute atomic E-state index is 14.3. The van der Waals surface area contributed by atoms with Crippen LogP contribution < -0.4 is 5.43 Å². The second-order valence-corrected chi connectivity index (χ2v) is 16.6. The monoisotopic (exact) mass is 781 g/mol. The largest absolute Gasteiger partial charge is 0.508 e. The van der Waals surface area contributed by atoms with Gasteiger partial charge in [0.1, 0.15) is 23.6 Å². The number of phenols is 1. The minimum Gasteiger partial charge on any atom is -0.508 e. The molecule has 2 aromatic carbocycles. The van der Waals surface area contributed by atoms with E-state index in [1.54, 1.807) is 19.4 Å². The number of fused-ring (bicyclic) bond motifs is 8. The molecule has 2 N–H and O–H groups in total. The molecule has 13 heteroatoms. The molecule has 2 aliphatic heterocycles. The number of methoxy groups -OCH3 is 1. The van der Waals surface area contributed by atoms with Crippen LogP contribution in [0, 0.1) is 17.3 Å². The predicted molar refractivity (Wildman–Crippen MR) is 211 cm³/mol. The van der Waals surface area contributed by atoms with Crippen LogP contribution in [0.5, 0.6) is 5.75 Å². The van der Waals surface area contributed by atoms with Gasteiger partial charge in [-0.2, -0.15) is 0 Å². The summed E-state index contributed by atoms with van der Waals surface area (Å²) < 4.78 is 42.3. The molecule has 1 saturated heterocycles. The van der Waals surface area contributed by atoms with Gasteiger partial charge < -0.3 is 19.1 Å². The first kappa shape index (κ1) is 38.8. The number of benzene rings is 2. The zero-order valence-corrected chi connectivity index (χ0v) is 32.8. The number of hydrogen-bond acceptors (Lipinski definition) is 8. The molecule has 8 rings (SSSR count). The molecular weight excluding hydrogens is 733 g/mol. The van der Waals surface area contributed by atoms with Gasteiger partial charge >= 0.3 is 5.97 Å². The van der Waals surface area contributed by atoms with Crippen LogP contribution in [0.25, 0.3) is 33.3 Å². The third-order valence-corrected chi connectivity index (χ3v) is 12.5. The molecule has 1 saturated carbocycles. The van der Waals surface area contributed by atoms with Crippen LogP contribution >= 0.6 is 0 Å². The fourth-order valence-corrected chi connectivity index (χ4v) is 9.77. The lowest BCUT2D eigenvalue weighted by atomic mass is 9.67. The lowest BCUT2D eigenvalue weighted by molar-refractivity contribution is -0.155. The number of aromatic nitrogens is 2. The highest BCUT2D eigenvalue weighted by molar-refractivity contribution is 6.40. The second-order valence-electron chi connectivity index (χ2n) is 16.6. The molecule has 0 radical (unpaired) electrons. The number of aromatic hydroxyl groups is 1. The van der Waals surface area contributed by atoms with Crippen molar-refractivity contribution in [3.63, 3.8) is 0 Å². The number of nitrogens with one attached hydrogen (secondary N) is 1. The first-order valence-corrected chi connectivity index (χ1v) is 20.0. The van der Waals surface area contributed by atoms with E-state index in [1.807, 2.05) is 18.2 Å². The minimum atomic E-state index is -2.54. The Labute approximate surface area is 330 Å². The highest BCUT2D eigenvalue weighted by Gasteiger charge is 2.47. The van der Waals surface area contributed by atoms with E-state index < -0.39 is 53.6 Å². The van der Waals surface area contributed by atoms with Crippen molar-refractivity contribution in [2.75, 3.05) is 20.3 Å². The van der Waals surface area contributed by atoms with E-state index in [0.717, 1.165) is 39.0 Å². The van der Waals surface area contributed by atoms with Crippen LogP contribution in [0.4, 0.5) is 8.78 Å². The Kier molecular flexibility index (Phi) is 10.5.